The van der Waals surface area contributed by atoms with Gasteiger partial charge in [0, 0.05) is 31.1 Å². The third-order valence-corrected chi connectivity index (χ3v) is 7.83. The fraction of sp³-hybridized carbons (Fsp3) is 0.269. The number of morpholine rings is 1. The molecule has 4 rings (SSSR count). The van der Waals surface area contributed by atoms with Crippen molar-refractivity contribution < 1.29 is 17.9 Å². The minimum atomic E-state index is -3.68. The highest BCUT2D eigenvalue weighted by atomic mass is 32.2. The Labute approximate surface area is 195 Å². The highest BCUT2D eigenvalue weighted by Gasteiger charge is 2.27. The van der Waals surface area contributed by atoms with Gasteiger partial charge in [-0.1, -0.05) is 66.7 Å². The van der Waals surface area contributed by atoms with Gasteiger partial charge in [0.05, 0.1) is 18.1 Å². The smallest absolute Gasteiger partial charge is 0.251 e. The van der Waals surface area contributed by atoms with Gasteiger partial charge in [-0.05, 0) is 35.7 Å². The van der Waals surface area contributed by atoms with Crippen LogP contribution in [0, 0.1) is 6.92 Å². The number of amides is 1. The molecular weight excluding hydrogens is 436 g/mol. The number of hydrogen-bond acceptors (Lipinski definition) is 4. The SMILES string of the molecule is Cc1ccc(S(=O)(=O)N2CCOCC2)cc1C(=O)NCC(c1ccccc1)c1ccccc1. The lowest BCUT2D eigenvalue weighted by molar-refractivity contribution is 0.0730. The largest absolute Gasteiger partial charge is 0.379 e. The minimum Gasteiger partial charge on any atom is -0.379 e. The van der Waals surface area contributed by atoms with Crippen molar-refractivity contribution in [1.82, 2.24) is 9.62 Å². The van der Waals surface area contributed by atoms with E-state index in [2.05, 4.69) is 5.32 Å². The molecule has 172 valence electrons. The number of aryl methyl sites for hydroxylation is 1. The summed E-state index contributed by atoms with van der Waals surface area (Å²) in [5.74, 6) is -0.305. The second-order valence-corrected chi connectivity index (χ2v) is 10.0. The van der Waals surface area contributed by atoms with E-state index in [4.69, 9.17) is 4.74 Å². The molecule has 1 fully saturated rings. The van der Waals surface area contributed by atoms with E-state index in [9.17, 15) is 13.2 Å². The Hall–Kier alpha value is -3.00. The first-order valence-electron chi connectivity index (χ1n) is 11.0. The van der Waals surface area contributed by atoms with E-state index in [0.717, 1.165) is 16.7 Å². The summed E-state index contributed by atoms with van der Waals surface area (Å²) in [5, 5.41) is 3.03. The van der Waals surface area contributed by atoms with Crippen molar-refractivity contribution >= 4 is 15.9 Å². The number of nitrogens with zero attached hydrogens (tertiary/aromatic N) is 1. The molecule has 1 aliphatic heterocycles. The fourth-order valence-corrected chi connectivity index (χ4v) is 5.47. The maximum atomic E-state index is 13.1. The summed E-state index contributed by atoms with van der Waals surface area (Å²) in [5.41, 5.74) is 3.29. The number of rotatable bonds is 7. The standard InChI is InChI=1S/C26H28N2O4S/c1-20-12-13-23(33(30,31)28-14-16-32-17-15-28)18-24(20)26(29)27-19-25(21-8-4-2-5-9-21)22-10-6-3-7-11-22/h2-13,18,25H,14-17,19H2,1H3,(H,27,29). The van der Waals surface area contributed by atoms with E-state index in [1.54, 1.807) is 12.1 Å². The molecule has 33 heavy (non-hydrogen) atoms. The maximum absolute atomic E-state index is 13.1. The van der Waals surface area contributed by atoms with Gasteiger partial charge < -0.3 is 10.1 Å². The number of nitrogens with one attached hydrogen (secondary N) is 1. The van der Waals surface area contributed by atoms with Crippen LogP contribution in [0.3, 0.4) is 0 Å². The fourth-order valence-electron chi connectivity index (χ4n) is 4.03. The topological polar surface area (TPSA) is 75.7 Å². The Morgan fingerprint density at radius 1 is 0.939 bits per heavy atom. The van der Waals surface area contributed by atoms with E-state index in [1.165, 1.54) is 10.4 Å². The van der Waals surface area contributed by atoms with Gasteiger partial charge in [-0.15, -0.1) is 0 Å². The molecule has 3 aromatic carbocycles. The molecule has 6 nitrogen and oxygen atoms in total. The van der Waals surface area contributed by atoms with Crippen molar-refractivity contribution in [1.29, 1.82) is 0 Å². The molecule has 0 spiro atoms. The van der Waals surface area contributed by atoms with Crippen LogP contribution in [0.25, 0.3) is 0 Å². The van der Waals surface area contributed by atoms with Gasteiger partial charge >= 0.3 is 0 Å². The Balaban J connectivity index is 1.56. The summed E-state index contributed by atoms with van der Waals surface area (Å²) in [6, 6.07) is 24.8. The van der Waals surface area contributed by atoms with Crippen LogP contribution in [0.2, 0.25) is 0 Å². The molecule has 0 aliphatic carbocycles. The highest BCUT2D eigenvalue weighted by Crippen LogP contribution is 2.25. The van der Waals surface area contributed by atoms with Crippen LogP contribution in [-0.4, -0.2) is 51.5 Å². The number of carbonyl (C=O) groups is 1. The molecule has 0 aromatic heterocycles. The lowest BCUT2D eigenvalue weighted by Crippen LogP contribution is -2.40. The Morgan fingerprint density at radius 3 is 2.09 bits per heavy atom. The van der Waals surface area contributed by atoms with Gasteiger partial charge in [0.1, 0.15) is 0 Å². The molecule has 3 aromatic rings. The molecule has 0 unspecified atom stereocenters. The maximum Gasteiger partial charge on any atom is 0.251 e. The molecule has 1 N–H and O–H groups in total. The number of carbonyl (C=O) groups excluding carboxylic acids is 1. The van der Waals surface area contributed by atoms with E-state index in [1.807, 2.05) is 67.6 Å². The van der Waals surface area contributed by atoms with Crippen molar-refractivity contribution in [3.05, 3.63) is 101 Å². The first-order valence-corrected chi connectivity index (χ1v) is 12.5. The molecular formula is C26H28N2O4S. The van der Waals surface area contributed by atoms with Crippen LogP contribution in [0.4, 0.5) is 0 Å². The third kappa shape index (κ3) is 5.33. The van der Waals surface area contributed by atoms with Gasteiger partial charge in [0.25, 0.3) is 5.91 Å². The molecule has 1 heterocycles. The normalized spacial score (nSPS) is 14.8. The quantitative estimate of drug-likeness (QED) is 0.580. The predicted octanol–water partition coefficient (Wildman–Crippen LogP) is 3.58. The molecule has 0 bridgehead atoms. The van der Waals surface area contributed by atoms with E-state index in [0.29, 0.717) is 38.4 Å². The van der Waals surface area contributed by atoms with E-state index >= 15 is 0 Å². The summed E-state index contributed by atoms with van der Waals surface area (Å²) in [6.07, 6.45) is 0. The highest BCUT2D eigenvalue weighted by molar-refractivity contribution is 7.89. The van der Waals surface area contributed by atoms with Crippen LogP contribution in [-0.2, 0) is 14.8 Å². The second kappa shape index (κ2) is 10.3. The number of benzene rings is 3. The van der Waals surface area contributed by atoms with Gasteiger partial charge in [0.15, 0.2) is 0 Å². The third-order valence-electron chi connectivity index (χ3n) is 5.93. The molecule has 0 atom stereocenters. The lowest BCUT2D eigenvalue weighted by atomic mass is 9.91. The number of ether oxygens (including phenoxy) is 1. The first kappa shape index (κ1) is 23.2. The summed E-state index contributed by atoms with van der Waals surface area (Å²) in [4.78, 5) is 13.3. The molecule has 0 radical (unpaired) electrons. The van der Waals surface area contributed by atoms with Crippen molar-refractivity contribution in [3.8, 4) is 0 Å². The summed E-state index contributed by atoms with van der Waals surface area (Å²) >= 11 is 0. The van der Waals surface area contributed by atoms with Crippen molar-refractivity contribution in [2.75, 3.05) is 32.8 Å². The van der Waals surface area contributed by atoms with Gasteiger partial charge in [-0.3, -0.25) is 4.79 Å². The van der Waals surface area contributed by atoms with Crippen molar-refractivity contribution in [2.24, 2.45) is 0 Å². The van der Waals surface area contributed by atoms with Crippen LogP contribution in [0.5, 0.6) is 0 Å². The molecule has 1 saturated heterocycles. The summed E-state index contributed by atoms with van der Waals surface area (Å²) in [7, 11) is -3.68. The minimum absolute atomic E-state index is 0.0167. The Morgan fingerprint density at radius 2 is 1.52 bits per heavy atom. The van der Waals surface area contributed by atoms with Crippen molar-refractivity contribution in [3.63, 3.8) is 0 Å². The average Bonchev–Trinajstić information content (AvgIpc) is 2.86. The number of hydrogen-bond donors (Lipinski definition) is 1. The molecule has 1 amide bonds. The zero-order chi connectivity index (χ0) is 23.3. The Kier molecular flexibility index (Phi) is 7.23. The van der Waals surface area contributed by atoms with Crippen LogP contribution < -0.4 is 5.32 Å². The predicted molar refractivity (Wildman–Crippen MR) is 128 cm³/mol. The van der Waals surface area contributed by atoms with Gasteiger partial charge in [-0.25, -0.2) is 8.42 Å². The summed E-state index contributed by atoms with van der Waals surface area (Å²) in [6.45, 7) is 3.58. The van der Waals surface area contributed by atoms with Crippen molar-refractivity contribution in [2.45, 2.75) is 17.7 Å². The first-order chi connectivity index (χ1) is 16.0. The lowest BCUT2D eigenvalue weighted by Gasteiger charge is -2.26. The zero-order valence-electron chi connectivity index (χ0n) is 18.6. The molecule has 0 saturated carbocycles. The van der Waals surface area contributed by atoms with E-state index < -0.39 is 10.0 Å². The van der Waals surface area contributed by atoms with Crippen LogP contribution in [0.15, 0.2) is 83.8 Å². The molecule has 7 heteroatoms. The summed E-state index contributed by atoms with van der Waals surface area (Å²) < 4.78 is 32.8. The Bertz CT molecular complexity index is 1150. The van der Waals surface area contributed by atoms with Crippen LogP contribution in [0.1, 0.15) is 33.0 Å². The average molecular weight is 465 g/mol. The van der Waals surface area contributed by atoms with Gasteiger partial charge in [0.2, 0.25) is 10.0 Å². The molecule has 1 aliphatic rings. The van der Waals surface area contributed by atoms with E-state index in [-0.39, 0.29) is 16.7 Å². The second-order valence-electron chi connectivity index (χ2n) is 8.08. The number of sulfonamides is 1. The van der Waals surface area contributed by atoms with Crippen LogP contribution >= 0.6 is 0 Å². The van der Waals surface area contributed by atoms with Gasteiger partial charge in [-0.2, -0.15) is 4.31 Å². The zero-order valence-corrected chi connectivity index (χ0v) is 19.4. The monoisotopic (exact) mass is 464 g/mol.